The van der Waals surface area contributed by atoms with Gasteiger partial charge in [-0.25, -0.2) is 17.1 Å². The quantitative estimate of drug-likeness (QED) is 0.841. The smallest absolute Gasteiger partial charge is 0.243 e. The van der Waals surface area contributed by atoms with Gasteiger partial charge in [-0.05, 0) is 12.1 Å². The summed E-state index contributed by atoms with van der Waals surface area (Å²) < 4.78 is 36.9. The molecule has 7 heteroatoms. The maximum atomic E-state index is 13.0. The van der Waals surface area contributed by atoms with E-state index in [1.165, 1.54) is 13.8 Å². The molecule has 19 heavy (non-hydrogen) atoms. The van der Waals surface area contributed by atoms with E-state index in [1.807, 2.05) is 0 Å². The molecular formula is C12H12FN2O3S. The molecule has 0 atom stereocenters. The van der Waals surface area contributed by atoms with Crippen molar-refractivity contribution in [1.82, 2.24) is 0 Å². The minimum absolute atomic E-state index is 0.190. The van der Waals surface area contributed by atoms with Gasteiger partial charge in [0.1, 0.15) is 11.9 Å². The average Bonchev–Trinajstić information content (AvgIpc) is 2.29. The van der Waals surface area contributed by atoms with Crippen molar-refractivity contribution < 1.29 is 17.6 Å². The molecule has 0 bridgehead atoms. The Morgan fingerprint density at radius 3 is 2.53 bits per heavy atom. The lowest BCUT2D eigenvalue weighted by Crippen LogP contribution is -2.39. The summed E-state index contributed by atoms with van der Waals surface area (Å²) in [5, 5.41) is 8.91. The number of hydrogen-bond donors (Lipinski definition) is 0. The number of nitrogens with zero attached hydrogens (tertiary/aromatic N) is 2. The molecule has 1 aromatic carbocycles. The van der Waals surface area contributed by atoms with Crippen LogP contribution in [0.4, 0.5) is 10.1 Å². The number of rotatable bonds is 3. The molecule has 0 aliphatic rings. The average molecular weight is 283 g/mol. The maximum absolute atomic E-state index is 13.0. The van der Waals surface area contributed by atoms with Crippen molar-refractivity contribution in [3.8, 4) is 6.07 Å². The molecule has 0 aliphatic carbocycles. The van der Waals surface area contributed by atoms with Gasteiger partial charge >= 0.3 is 0 Å². The van der Waals surface area contributed by atoms with E-state index in [1.54, 1.807) is 6.07 Å². The second-order valence-electron chi connectivity index (χ2n) is 4.21. The first kappa shape index (κ1) is 15.1. The van der Waals surface area contributed by atoms with Crippen LogP contribution in [0.25, 0.3) is 0 Å². The van der Waals surface area contributed by atoms with Crippen LogP contribution in [-0.2, 0) is 14.8 Å². The van der Waals surface area contributed by atoms with Gasteiger partial charge in [-0.15, -0.1) is 0 Å². The second-order valence-corrected chi connectivity index (χ2v) is 6.04. The zero-order valence-corrected chi connectivity index (χ0v) is 11.5. The fourth-order valence-corrected chi connectivity index (χ4v) is 2.46. The van der Waals surface area contributed by atoms with E-state index < -0.39 is 27.7 Å². The highest BCUT2D eigenvalue weighted by atomic mass is 32.2. The number of carbonyl (C=O) groups is 1. The van der Waals surface area contributed by atoms with Gasteiger partial charge in [0.05, 0.1) is 17.5 Å². The standard InChI is InChI=1S/C12H12FN2O3S/c1-8(2)12(16)15(19(3,17)18)11-5-4-10(13)6-9(11)7-14/h5-6,8H,1-3H3. The Morgan fingerprint density at radius 1 is 1.53 bits per heavy atom. The van der Waals surface area contributed by atoms with Crippen LogP contribution in [0.5, 0.6) is 0 Å². The number of sulfonamides is 1. The molecule has 1 aromatic rings. The molecule has 0 N–H and O–H groups in total. The van der Waals surface area contributed by atoms with Crippen LogP contribution in [0.3, 0.4) is 0 Å². The molecule has 0 aliphatic heterocycles. The van der Waals surface area contributed by atoms with E-state index >= 15 is 0 Å². The summed E-state index contributed by atoms with van der Waals surface area (Å²) >= 11 is 0. The first-order chi connectivity index (χ1) is 8.68. The lowest BCUT2D eigenvalue weighted by molar-refractivity contribution is -0.120. The Bertz CT molecular complexity index is 647. The molecule has 0 unspecified atom stereocenters. The summed E-state index contributed by atoms with van der Waals surface area (Å²) in [7, 11) is -3.92. The summed E-state index contributed by atoms with van der Waals surface area (Å²) in [6, 6.07) is 5.63. The van der Waals surface area contributed by atoms with Crippen molar-refractivity contribution in [2.45, 2.75) is 13.8 Å². The van der Waals surface area contributed by atoms with Crippen molar-refractivity contribution in [3.63, 3.8) is 0 Å². The molecule has 1 amide bonds. The molecule has 0 fully saturated rings. The van der Waals surface area contributed by atoms with Gasteiger partial charge in [0.2, 0.25) is 15.9 Å². The predicted octanol–water partition coefficient (Wildman–Crippen LogP) is 1.45. The SMILES string of the molecule is CC(C)C(=O)N(c1c[c]c(F)cc1C#N)S(C)(=O)=O. The van der Waals surface area contributed by atoms with Crippen LogP contribution in [0.2, 0.25) is 0 Å². The van der Waals surface area contributed by atoms with Gasteiger partial charge in [0, 0.05) is 12.0 Å². The van der Waals surface area contributed by atoms with Crippen LogP contribution >= 0.6 is 0 Å². The molecule has 0 spiro atoms. The summed E-state index contributed by atoms with van der Waals surface area (Å²) in [6.45, 7) is 3.06. The van der Waals surface area contributed by atoms with Gasteiger partial charge in [0.25, 0.3) is 0 Å². The highest BCUT2D eigenvalue weighted by Crippen LogP contribution is 2.25. The van der Waals surface area contributed by atoms with E-state index in [0.29, 0.717) is 4.31 Å². The number of benzene rings is 1. The van der Waals surface area contributed by atoms with Gasteiger partial charge in [-0.1, -0.05) is 13.8 Å². The molecular weight excluding hydrogens is 271 g/mol. The van der Waals surface area contributed by atoms with E-state index in [9.17, 15) is 17.6 Å². The highest BCUT2D eigenvalue weighted by Gasteiger charge is 2.29. The molecule has 101 valence electrons. The summed E-state index contributed by atoms with van der Waals surface area (Å²) in [6.07, 6.45) is 0.845. The maximum Gasteiger partial charge on any atom is 0.243 e. The van der Waals surface area contributed by atoms with Crippen LogP contribution < -0.4 is 4.31 Å². The Kier molecular flexibility index (Phi) is 4.27. The van der Waals surface area contributed by atoms with Crippen molar-refractivity contribution in [2.75, 3.05) is 10.6 Å². The minimum Gasteiger partial charge on any atom is -0.273 e. The lowest BCUT2D eigenvalue weighted by atomic mass is 10.1. The van der Waals surface area contributed by atoms with Gasteiger partial charge in [-0.2, -0.15) is 5.26 Å². The van der Waals surface area contributed by atoms with E-state index in [-0.39, 0.29) is 11.3 Å². The van der Waals surface area contributed by atoms with E-state index in [0.717, 1.165) is 18.4 Å². The summed E-state index contributed by atoms with van der Waals surface area (Å²) in [5.41, 5.74) is -0.430. The Balaban J connectivity index is 3.52. The Morgan fingerprint density at radius 2 is 2.11 bits per heavy atom. The summed E-state index contributed by atoms with van der Waals surface area (Å²) in [4.78, 5) is 12.0. The zero-order valence-electron chi connectivity index (χ0n) is 10.6. The van der Waals surface area contributed by atoms with Crippen molar-refractivity contribution in [3.05, 3.63) is 29.6 Å². The van der Waals surface area contributed by atoms with E-state index in [2.05, 4.69) is 6.07 Å². The first-order valence-electron chi connectivity index (χ1n) is 5.34. The number of carbonyl (C=O) groups excluding carboxylic acids is 1. The monoisotopic (exact) mass is 283 g/mol. The van der Waals surface area contributed by atoms with Crippen molar-refractivity contribution in [2.24, 2.45) is 5.92 Å². The summed E-state index contributed by atoms with van der Waals surface area (Å²) in [5.74, 6) is -2.09. The van der Waals surface area contributed by atoms with Crippen LogP contribution in [0.1, 0.15) is 19.4 Å². The fourth-order valence-electron chi connectivity index (χ4n) is 1.41. The fraction of sp³-hybridized carbons (Fsp3) is 0.333. The largest absolute Gasteiger partial charge is 0.273 e. The molecule has 0 saturated heterocycles. The molecule has 0 heterocycles. The van der Waals surface area contributed by atoms with Gasteiger partial charge in [-0.3, -0.25) is 4.79 Å². The zero-order chi connectivity index (χ0) is 14.8. The lowest BCUT2D eigenvalue weighted by Gasteiger charge is -2.23. The third-order valence-corrected chi connectivity index (χ3v) is 3.30. The molecule has 5 nitrogen and oxygen atoms in total. The molecule has 0 saturated carbocycles. The number of nitriles is 1. The number of amides is 1. The first-order valence-corrected chi connectivity index (χ1v) is 7.18. The third-order valence-electron chi connectivity index (χ3n) is 2.26. The molecule has 1 rings (SSSR count). The minimum atomic E-state index is -3.92. The van der Waals surface area contributed by atoms with Crippen LogP contribution in [0.15, 0.2) is 12.1 Å². The number of halogens is 1. The van der Waals surface area contributed by atoms with Crippen LogP contribution in [-0.4, -0.2) is 20.6 Å². The molecule has 1 radical (unpaired) electrons. The Hall–Kier alpha value is -1.94. The molecule has 0 aromatic heterocycles. The third kappa shape index (κ3) is 3.29. The number of anilines is 1. The van der Waals surface area contributed by atoms with Gasteiger partial charge in [0.15, 0.2) is 0 Å². The normalized spacial score (nSPS) is 11.2. The number of hydrogen-bond acceptors (Lipinski definition) is 4. The van der Waals surface area contributed by atoms with Crippen LogP contribution in [0, 0.1) is 29.1 Å². The van der Waals surface area contributed by atoms with E-state index in [4.69, 9.17) is 5.26 Å². The van der Waals surface area contributed by atoms with Gasteiger partial charge < -0.3 is 0 Å². The second kappa shape index (κ2) is 5.36. The van der Waals surface area contributed by atoms with Crippen molar-refractivity contribution in [1.29, 1.82) is 5.26 Å². The predicted molar refractivity (Wildman–Crippen MR) is 67.1 cm³/mol. The highest BCUT2D eigenvalue weighted by molar-refractivity contribution is 7.92. The Labute approximate surface area is 111 Å². The van der Waals surface area contributed by atoms with Crippen molar-refractivity contribution >= 4 is 21.6 Å². The topological polar surface area (TPSA) is 78.2 Å².